The topological polar surface area (TPSA) is 66.9 Å². The molecule has 4 rings (SSSR count). The van der Waals surface area contributed by atoms with Crippen LogP contribution in [0.1, 0.15) is 24.2 Å². The molecule has 122 valence electrons. The Morgan fingerprint density at radius 2 is 2.00 bits per heavy atom. The first-order valence-electron chi connectivity index (χ1n) is 8.14. The molecule has 1 aromatic heterocycles. The Morgan fingerprint density at radius 1 is 1.17 bits per heavy atom. The lowest BCUT2D eigenvalue weighted by Crippen LogP contribution is -2.27. The Labute approximate surface area is 140 Å². The molecular weight excluding hydrogens is 302 g/mol. The number of tetrazole rings is 1. The van der Waals surface area contributed by atoms with Crippen LogP contribution in [-0.2, 0) is 6.54 Å². The fraction of sp³-hybridized carbons (Fsp3) is 0.278. The van der Waals surface area contributed by atoms with E-state index in [0.29, 0.717) is 5.82 Å². The van der Waals surface area contributed by atoms with E-state index in [1.165, 1.54) is 5.56 Å². The van der Waals surface area contributed by atoms with Gasteiger partial charge in [0.2, 0.25) is 0 Å². The highest BCUT2D eigenvalue weighted by molar-refractivity contribution is 5.54. The van der Waals surface area contributed by atoms with Crippen LogP contribution in [0.3, 0.4) is 0 Å². The number of benzene rings is 2. The average Bonchev–Trinajstić information content (AvgIpc) is 3.09. The van der Waals surface area contributed by atoms with Crippen LogP contribution in [0.25, 0.3) is 11.4 Å². The molecule has 2 aromatic carbocycles. The molecule has 6 heteroatoms. The van der Waals surface area contributed by atoms with Gasteiger partial charge in [-0.05, 0) is 28.6 Å². The quantitative estimate of drug-likeness (QED) is 0.803. The fourth-order valence-corrected chi connectivity index (χ4v) is 3.03. The largest absolute Gasteiger partial charge is 0.484 e. The minimum Gasteiger partial charge on any atom is -0.484 e. The molecule has 0 aliphatic carbocycles. The molecular formula is C18H19N5O. The Balaban J connectivity index is 1.63. The molecule has 0 spiro atoms. The number of nitrogens with zero attached hydrogens (tertiary/aromatic N) is 4. The van der Waals surface area contributed by atoms with E-state index in [9.17, 15) is 0 Å². The second kappa shape index (κ2) is 6.41. The summed E-state index contributed by atoms with van der Waals surface area (Å²) in [6.07, 6.45) is 0.00972. The number of H-pyrrole nitrogens is 1. The van der Waals surface area contributed by atoms with Gasteiger partial charge in [0.15, 0.2) is 5.82 Å². The lowest BCUT2D eigenvalue weighted by molar-refractivity contribution is 0.152. The predicted molar refractivity (Wildman–Crippen MR) is 90.4 cm³/mol. The summed E-state index contributed by atoms with van der Waals surface area (Å²) in [5.41, 5.74) is 3.36. The van der Waals surface area contributed by atoms with Gasteiger partial charge < -0.3 is 4.74 Å². The monoisotopic (exact) mass is 321 g/mol. The highest BCUT2D eigenvalue weighted by Crippen LogP contribution is 2.31. The van der Waals surface area contributed by atoms with Gasteiger partial charge in [0, 0.05) is 24.2 Å². The Morgan fingerprint density at radius 3 is 2.75 bits per heavy atom. The number of para-hydroxylation sites is 1. The van der Waals surface area contributed by atoms with Crippen LogP contribution in [0.2, 0.25) is 0 Å². The summed E-state index contributed by atoms with van der Waals surface area (Å²) in [5, 5.41) is 14.0. The van der Waals surface area contributed by atoms with Crippen molar-refractivity contribution in [3.63, 3.8) is 0 Å². The first-order valence-corrected chi connectivity index (χ1v) is 8.14. The smallest absolute Gasteiger partial charge is 0.179 e. The molecule has 1 N–H and O–H groups in total. The van der Waals surface area contributed by atoms with Crippen molar-refractivity contribution in [1.82, 2.24) is 25.5 Å². The van der Waals surface area contributed by atoms with E-state index in [4.69, 9.17) is 4.74 Å². The number of hydrogen-bond acceptors (Lipinski definition) is 5. The van der Waals surface area contributed by atoms with Gasteiger partial charge in [0.05, 0.1) is 0 Å². The lowest BCUT2D eigenvalue weighted by Gasteiger charge is -2.23. The van der Waals surface area contributed by atoms with Gasteiger partial charge in [-0.2, -0.15) is 0 Å². The summed E-state index contributed by atoms with van der Waals surface area (Å²) in [6, 6.07) is 16.5. The third-order valence-electron chi connectivity index (χ3n) is 4.41. The Kier molecular flexibility index (Phi) is 3.96. The summed E-state index contributed by atoms with van der Waals surface area (Å²) in [7, 11) is 0. The maximum atomic E-state index is 6.32. The van der Waals surface area contributed by atoms with Crippen LogP contribution in [0.15, 0.2) is 48.5 Å². The lowest BCUT2D eigenvalue weighted by atomic mass is 10.1. The first-order chi connectivity index (χ1) is 11.8. The maximum Gasteiger partial charge on any atom is 0.179 e. The van der Waals surface area contributed by atoms with Crippen LogP contribution < -0.4 is 4.74 Å². The van der Waals surface area contributed by atoms with Crippen molar-refractivity contribution in [2.75, 3.05) is 13.1 Å². The zero-order valence-corrected chi connectivity index (χ0v) is 13.5. The van der Waals surface area contributed by atoms with Crippen molar-refractivity contribution in [2.24, 2.45) is 0 Å². The molecule has 0 fully saturated rings. The third kappa shape index (κ3) is 2.88. The second-order valence-electron chi connectivity index (χ2n) is 5.91. The van der Waals surface area contributed by atoms with E-state index in [2.05, 4.69) is 62.8 Å². The average molecular weight is 321 g/mol. The van der Waals surface area contributed by atoms with Gasteiger partial charge in [0.1, 0.15) is 11.9 Å². The number of ether oxygens (including phenoxy) is 1. The molecule has 24 heavy (non-hydrogen) atoms. The summed E-state index contributed by atoms with van der Waals surface area (Å²) >= 11 is 0. The van der Waals surface area contributed by atoms with Crippen LogP contribution >= 0.6 is 0 Å². The molecule has 0 saturated heterocycles. The van der Waals surface area contributed by atoms with E-state index >= 15 is 0 Å². The van der Waals surface area contributed by atoms with Crippen LogP contribution in [-0.4, -0.2) is 38.6 Å². The zero-order chi connectivity index (χ0) is 16.4. The summed E-state index contributed by atoms with van der Waals surface area (Å²) in [6.45, 7) is 4.97. The summed E-state index contributed by atoms with van der Waals surface area (Å²) in [5.74, 6) is 1.64. The van der Waals surface area contributed by atoms with Gasteiger partial charge in [0.25, 0.3) is 0 Å². The molecule has 0 amide bonds. The first kappa shape index (κ1) is 14.8. The fourth-order valence-electron chi connectivity index (χ4n) is 3.03. The molecule has 3 aromatic rings. The Bertz CT molecular complexity index is 801. The van der Waals surface area contributed by atoms with Crippen molar-refractivity contribution >= 4 is 0 Å². The minimum atomic E-state index is 0.00972. The van der Waals surface area contributed by atoms with Crippen LogP contribution in [0.5, 0.6) is 5.75 Å². The molecule has 0 bridgehead atoms. The highest BCUT2D eigenvalue weighted by Gasteiger charge is 2.23. The molecule has 1 aliphatic rings. The SMILES string of the molecule is CCN1Cc2ccccc2OC(c2ccc(-c3nnn[nH]3)cc2)C1. The molecule has 1 unspecified atom stereocenters. The van der Waals surface area contributed by atoms with Gasteiger partial charge >= 0.3 is 0 Å². The van der Waals surface area contributed by atoms with E-state index in [1.807, 2.05) is 18.2 Å². The van der Waals surface area contributed by atoms with Crippen molar-refractivity contribution in [2.45, 2.75) is 19.6 Å². The highest BCUT2D eigenvalue weighted by atomic mass is 16.5. The number of rotatable bonds is 3. The van der Waals surface area contributed by atoms with Gasteiger partial charge in [-0.3, -0.25) is 4.90 Å². The maximum absolute atomic E-state index is 6.32. The second-order valence-corrected chi connectivity index (χ2v) is 5.91. The molecule has 6 nitrogen and oxygen atoms in total. The summed E-state index contributed by atoms with van der Waals surface area (Å²) < 4.78 is 6.32. The van der Waals surface area contributed by atoms with Gasteiger partial charge in [-0.15, -0.1) is 5.10 Å². The minimum absolute atomic E-state index is 0.00972. The van der Waals surface area contributed by atoms with E-state index in [-0.39, 0.29) is 6.10 Å². The number of nitrogens with one attached hydrogen (secondary N) is 1. The van der Waals surface area contributed by atoms with E-state index in [1.54, 1.807) is 0 Å². The molecule has 1 aliphatic heterocycles. The predicted octanol–water partition coefficient (Wildman–Crippen LogP) is 2.82. The van der Waals surface area contributed by atoms with Gasteiger partial charge in [-0.1, -0.05) is 49.4 Å². The molecule has 2 heterocycles. The normalized spacial score (nSPS) is 17.8. The standard InChI is InChI=1S/C18H19N5O/c1-2-23-11-15-5-3-4-6-16(15)24-17(12-23)13-7-9-14(10-8-13)18-19-21-22-20-18/h3-10,17H,2,11-12H2,1H3,(H,19,20,21,22). The number of aromatic nitrogens is 4. The van der Waals surface area contributed by atoms with Crippen molar-refractivity contribution in [3.8, 4) is 17.1 Å². The number of likely N-dealkylation sites (N-methyl/N-ethyl adjacent to an activating group) is 1. The van der Waals surface area contributed by atoms with Gasteiger partial charge in [-0.25, -0.2) is 5.10 Å². The number of aromatic amines is 1. The van der Waals surface area contributed by atoms with Crippen molar-refractivity contribution in [1.29, 1.82) is 0 Å². The van der Waals surface area contributed by atoms with Crippen molar-refractivity contribution in [3.05, 3.63) is 59.7 Å². The molecule has 0 radical (unpaired) electrons. The number of hydrogen-bond donors (Lipinski definition) is 1. The summed E-state index contributed by atoms with van der Waals surface area (Å²) in [4.78, 5) is 2.41. The van der Waals surface area contributed by atoms with E-state index < -0.39 is 0 Å². The third-order valence-corrected chi connectivity index (χ3v) is 4.41. The van der Waals surface area contributed by atoms with Crippen LogP contribution in [0, 0.1) is 0 Å². The van der Waals surface area contributed by atoms with Crippen molar-refractivity contribution < 1.29 is 4.74 Å². The number of fused-ring (bicyclic) bond motifs is 1. The van der Waals surface area contributed by atoms with Crippen LogP contribution in [0.4, 0.5) is 0 Å². The zero-order valence-electron chi connectivity index (χ0n) is 13.5. The molecule has 0 saturated carbocycles. The van der Waals surface area contributed by atoms with E-state index in [0.717, 1.165) is 36.5 Å². The molecule has 1 atom stereocenters. The Hall–Kier alpha value is -2.73.